The molecule has 0 unspecified atom stereocenters. The first-order valence-electron chi connectivity index (χ1n) is 8.42. The van der Waals surface area contributed by atoms with Crippen molar-refractivity contribution in [2.24, 2.45) is 5.92 Å². The molecule has 0 amide bonds. The van der Waals surface area contributed by atoms with E-state index in [0.29, 0.717) is 5.92 Å². The van der Waals surface area contributed by atoms with Gasteiger partial charge in [-0.15, -0.1) is 15.3 Å². The van der Waals surface area contributed by atoms with Crippen molar-refractivity contribution in [1.29, 1.82) is 0 Å². The first-order chi connectivity index (χ1) is 11.7. The Bertz CT molecular complexity index is 690. The molecule has 4 heterocycles. The minimum atomic E-state index is 0.172. The molecule has 0 aromatic carbocycles. The van der Waals surface area contributed by atoms with Crippen molar-refractivity contribution in [3.63, 3.8) is 0 Å². The van der Waals surface area contributed by atoms with Crippen LogP contribution in [-0.2, 0) is 4.74 Å². The van der Waals surface area contributed by atoms with Crippen molar-refractivity contribution in [3.05, 3.63) is 22.8 Å². The highest BCUT2D eigenvalue weighted by molar-refractivity contribution is 7.15. The third-order valence-electron chi connectivity index (χ3n) is 4.68. The molecule has 4 rings (SSSR count). The summed E-state index contributed by atoms with van der Waals surface area (Å²) in [7, 11) is 0. The number of aromatic nitrogens is 4. The number of nitrogens with one attached hydrogen (secondary N) is 1. The second-order valence-electron chi connectivity index (χ2n) is 6.56. The van der Waals surface area contributed by atoms with Gasteiger partial charge in [-0.3, -0.25) is 0 Å². The van der Waals surface area contributed by atoms with Gasteiger partial charge in [0.15, 0.2) is 0 Å². The van der Waals surface area contributed by atoms with Crippen molar-refractivity contribution in [2.75, 3.05) is 29.9 Å². The standard InChI is InChI=1S/C16H22N6OS/c1-10-5-6-14(20-18-10)17-13-9-22(16-21-19-11(2)24-16)8-12-4-3-7-23-15(12)13/h5-6,12-13,15H,3-4,7-9H2,1-2H3,(H,17,20)/t12-,13+,15-/m0/s1. The second-order valence-corrected chi connectivity index (χ2v) is 7.72. The molecule has 128 valence electrons. The predicted octanol–water partition coefficient (Wildman–Crippen LogP) is 2.04. The van der Waals surface area contributed by atoms with Crippen LogP contribution in [0, 0.1) is 19.8 Å². The van der Waals surface area contributed by atoms with Gasteiger partial charge in [-0.2, -0.15) is 5.10 Å². The molecule has 2 aliphatic heterocycles. The number of hydrogen-bond donors (Lipinski definition) is 1. The molecule has 0 spiro atoms. The molecule has 2 fully saturated rings. The van der Waals surface area contributed by atoms with E-state index in [-0.39, 0.29) is 12.1 Å². The van der Waals surface area contributed by atoms with Crippen LogP contribution in [0.2, 0.25) is 0 Å². The zero-order valence-electron chi connectivity index (χ0n) is 14.0. The van der Waals surface area contributed by atoms with E-state index in [9.17, 15) is 0 Å². The zero-order valence-corrected chi connectivity index (χ0v) is 14.8. The molecule has 24 heavy (non-hydrogen) atoms. The summed E-state index contributed by atoms with van der Waals surface area (Å²) >= 11 is 1.65. The smallest absolute Gasteiger partial charge is 0.208 e. The Balaban J connectivity index is 1.55. The largest absolute Gasteiger partial charge is 0.376 e. The van der Waals surface area contributed by atoms with Gasteiger partial charge in [0.25, 0.3) is 0 Å². The number of ether oxygens (including phenoxy) is 1. The molecule has 2 aromatic rings. The third-order valence-corrected chi connectivity index (χ3v) is 5.58. The highest BCUT2D eigenvalue weighted by Crippen LogP contribution is 2.33. The first kappa shape index (κ1) is 15.7. The SMILES string of the molecule is Cc1ccc(N[C@@H]2CN(c3nnc(C)s3)C[C@@H]3CCCO[C@@H]32)nn1. The maximum absolute atomic E-state index is 6.11. The molecule has 3 atom stereocenters. The lowest BCUT2D eigenvalue weighted by Gasteiger charge is -2.45. The van der Waals surface area contributed by atoms with Crippen LogP contribution >= 0.6 is 11.3 Å². The number of hydrogen-bond acceptors (Lipinski definition) is 8. The fourth-order valence-electron chi connectivity index (χ4n) is 3.57. The minimum absolute atomic E-state index is 0.172. The highest BCUT2D eigenvalue weighted by atomic mass is 32.1. The normalized spacial score (nSPS) is 26.9. The van der Waals surface area contributed by atoms with E-state index in [0.717, 1.165) is 47.8 Å². The van der Waals surface area contributed by atoms with Gasteiger partial charge >= 0.3 is 0 Å². The van der Waals surface area contributed by atoms with E-state index < -0.39 is 0 Å². The van der Waals surface area contributed by atoms with Gasteiger partial charge in [0.1, 0.15) is 10.8 Å². The van der Waals surface area contributed by atoms with E-state index in [1.165, 1.54) is 6.42 Å². The molecular formula is C16H22N6OS. The monoisotopic (exact) mass is 346 g/mol. The number of nitrogens with zero attached hydrogens (tertiary/aromatic N) is 5. The van der Waals surface area contributed by atoms with Crippen LogP contribution in [0.3, 0.4) is 0 Å². The summed E-state index contributed by atoms with van der Waals surface area (Å²) < 4.78 is 6.11. The van der Waals surface area contributed by atoms with Crippen LogP contribution in [0.5, 0.6) is 0 Å². The molecule has 0 saturated carbocycles. The summed E-state index contributed by atoms with van der Waals surface area (Å²) in [6, 6.07) is 4.13. The maximum Gasteiger partial charge on any atom is 0.208 e. The summed E-state index contributed by atoms with van der Waals surface area (Å²) in [6.45, 7) is 6.60. The number of fused-ring (bicyclic) bond motifs is 1. The lowest BCUT2D eigenvalue weighted by Crippen LogP contribution is -2.58. The van der Waals surface area contributed by atoms with Gasteiger partial charge in [0.2, 0.25) is 5.13 Å². The topological polar surface area (TPSA) is 76.1 Å². The van der Waals surface area contributed by atoms with Crippen molar-refractivity contribution >= 4 is 22.3 Å². The van der Waals surface area contributed by atoms with Crippen LogP contribution < -0.4 is 10.2 Å². The number of piperidine rings is 1. The molecule has 2 saturated heterocycles. The molecule has 2 aliphatic rings. The fraction of sp³-hybridized carbons (Fsp3) is 0.625. The Morgan fingerprint density at radius 2 is 2.08 bits per heavy atom. The second kappa shape index (κ2) is 6.60. The molecule has 2 aromatic heterocycles. The van der Waals surface area contributed by atoms with Crippen LogP contribution in [0.15, 0.2) is 12.1 Å². The van der Waals surface area contributed by atoms with E-state index in [2.05, 4.69) is 30.6 Å². The Labute approximate surface area is 145 Å². The van der Waals surface area contributed by atoms with E-state index in [4.69, 9.17) is 4.74 Å². The highest BCUT2D eigenvalue weighted by Gasteiger charge is 2.40. The van der Waals surface area contributed by atoms with Gasteiger partial charge in [-0.1, -0.05) is 11.3 Å². The minimum Gasteiger partial charge on any atom is -0.376 e. The fourth-order valence-corrected chi connectivity index (χ4v) is 4.27. The lowest BCUT2D eigenvalue weighted by atomic mass is 9.85. The Morgan fingerprint density at radius 3 is 2.83 bits per heavy atom. The summed E-state index contributed by atoms with van der Waals surface area (Å²) in [5.41, 5.74) is 0.918. The van der Waals surface area contributed by atoms with Crippen molar-refractivity contribution in [3.8, 4) is 0 Å². The third kappa shape index (κ3) is 3.21. The van der Waals surface area contributed by atoms with Crippen molar-refractivity contribution < 1.29 is 4.74 Å². The molecular weight excluding hydrogens is 324 g/mol. The van der Waals surface area contributed by atoms with Crippen molar-refractivity contribution in [2.45, 2.75) is 38.8 Å². The average Bonchev–Trinajstić information content (AvgIpc) is 3.03. The van der Waals surface area contributed by atoms with Crippen LogP contribution in [0.25, 0.3) is 0 Å². The zero-order chi connectivity index (χ0) is 16.5. The van der Waals surface area contributed by atoms with E-state index >= 15 is 0 Å². The lowest BCUT2D eigenvalue weighted by molar-refractivity contribution is -0.0423. The number of anilines is 2. The molecule has 0 bridgehead atoms. The van der Waals surface area contributed by atoms with Crippen LogP contribution in [0.4, 0.5) is 10.9 Å². The van der Waals surface area contributed by atoms with Crippen LogP contribution in [0.1, 0.15) is 23.5 Å². The molecule has 0 radical (unpaired) electrons. The molecule has 8 heteroatoms. The van der Waals surface area contributed by atoms with Gasteiger partial charge in [-0.25, -0.2) is 0 Å². The predicted molar refractivity (Wildman–Crippen MR) is 93.5 cm³/mol. The maximum atomic E-state index is 6.11. The quantitative estimate of drug-likeness (QED) is 0.911. The van der Waals surface area contributed by atoms with Crippen molar-refractivity contribution in [1.82, 2.24) is 20.4 Å². The summed E-state index contributed by atoms with van der Waals surface area (Å²) in [6.07, 6.45) is 2.53. The van der Waals surface area contributed by atoms with Gasteiger partial charge in [0.05, 0.1) is 17.8 Å². The summed E-state index contributed by atoms with van der Waals surface area (Å²) in [4.78, 5) is 2.33. The summed E-state index contributed by atoms with van der Waals surface area (Å²) in [5, 5.41) is 22.4. The number of aryl methyl sites for hydroxylation is 2. The summed E-state index contributed by atoms with van der Waals surface area (Å²) in [5.74, 6) is 1.31. The average molecular weight is 346 g/mol. The molecule has 1 N–H and O–H groups in total. The van der Waals surface area contributed by atoms with E-state index in [1.54, 1.807) is 11.3 Å². The van der Waals surface area contributed by atoms with E-state index in [1.807, 2.05) is 26.0 Å². The first-order valence-corrected chi connectivity index (χ1v) is 9.24. The Hall–Kier alpha value is -1.80. The number of rotatable bonds is 3. The molecule has 0 aliphatic carbocycles. The molecule has 7 nitrogen and oxygen atoms in total. The van der Waals surface area contributed by atoms with Gasteiger partial charge in [0, 0.05) is 25.6 Å². The van der Waals surface area contributed by atoms with Gasteiger partial charge < -0.3 is 15.0 Å². The Kier molecular flexibility index (Phi) is 4.32. The Morgan fingerprint density at radius 1 is 1.17 bits per heavy atom. The van der Waals surface area contributed by atoms with Crippen LogP contribution in [-0.4, -0.2) is 52.2 Å². The van der Waals surface area contributed by atoms with Gasteiger partial charge in [-0.05, 0) is 38.8 Å².